The van der Waals surface area contributed by atoms with E-state index in [1.54, 1.807) is 0 Å². The fourth-order valence-electron chi connectivity index (χ4n) is 2.32. The molecule has 5 heteroatoms. The SMILES string of the molecule is CCCN(CC(=O)O)C(=O)c1coc2ccc(CC)cc12. The summed E-state index contributed by atoms with van der Waals surface area (Å²) in [5.41, 5.74) is 2.18. The molecule has 112 valence electrons. The van der Waals surface area contributed by atoms with Crippen LogP contribution in [-0.4, -0.2) is 35.0 Å². The number of nitrogens with zero attached hydrogens (tertiary/aromatic N) is 1. The molecule has 1 heterocycles. The minimum atomic E-state index is -1.01. The van der Waals surface area contributed by atoms with E-state index in [2.05, 4.69) is 0 Å². The molecular weight excluding hydrogens is 270 g/mol. The molecule has 1 aromatic heterocycles. The highest BCUT2D eigenvalue weighted by atomic mass is 16.4. The quantitative estimate of drug-likeness (QED) is 0.887. The molecule has 0 aliphatic carbocycles. The minimum Gasteiger partial charge on any atom is -0.480 e. The number of aliphatic carboxylic acids is 1. The van der Waals surface area contributed by atoms with Crippen molar-refractivity contribution in [3.63, 3.8) is 0 Å². The van der Waals surface area contributed by atoms with Crippen LogP contribution in [0.25, 0.3) is 11.0 Å². The fraction of sp³-hybridized carbons (Fsp3) is 0.375. The van der Waals surface area contributed by atoms with Crippen molar-refractivity contribution in [2.45, 2.75) is 26.7 Å². The normalized spacial score (nSPS) is 10.8. The number of fused-ring (bicyclic) bond motifs is 1. The van der Waals surface area contributed by atoms with Crippen LogP contribution in [0.5, 0.6) is 0 Å². The molecule has 0 fully saturated rings. The van der Waals surface area contributed by atoms with E-state index in [1.165, 1.54) is 11.2 Å². The first-order valence-corrected chi connectivity index (χ1v) is 7.08. The van der Waals surface area contributed by atoms with Crippen molar-refractivity contribution in [1.29, 1.82) is 0 Å². The maximum absolute atomic E-state index is 12.5. The second-order valence-corrected chi connectivity index (χ2v) is 4.95. The van der Waals surface area contributed by atoms with Crippen LogP contribution in [0.4, 0.5) is 0 Å². The van der Waals surface area contributed by atoms with Gasteiger partial charge in [0.15, 0.2) is 0 Å². The second-order valence-electron chi connectivity index (χ2n) is 4.95. The van der Waals surface area contributed by atoms with Crippen LogP contribution >= 0.6 is 0 Å². The van der Waals surface area contributed by atoms with Crippen molar-refractivity contribution >= 4 is 22.8 Å². The smallest absolute Gasteiger partial charge is 0.323 e. The molecule has 0 aliphatic rings. The van der Waals surface area contributed by atoms with Gasteiger partial charge in [0.2, 0.25) is 0 Å². The van der Waals surface area contributed by atoms with Gasteiger partial charge < -0.3 is 14.4 Å². The topological polar surface area (TPSA) is 70.8 Å². The standard InChI is InChI=1S/C16H19NO4/c1-3-7-17(9-15(18)19)16(20)13-10-21-14-6-5-11(4-2)8-12(13)14/h5-6,8,10H,3-4,7,9H2,1-2H3,(H,18,19). The Kier molecular flexibility index (Phi) is 4.62. The lowest BCUT2D eigenvalue weighted by atomic mass is 10.1. The lowest BCUT2D eigenvalue weighted by molar-refractivity contribution is -0.137. The van der Waals surface area contributed by atoms with E-state index in [4.69, 9.17) is 9.52 Å². The van der Waals surface area contributed by atoms with Crippen LogP contribution < -0.4 is 0 Å². The maximum Gasteiger partial charge on any atom is 0.323 e. The third-order valence-electron chi connectivity index (χ3n) is 3.38. The molecule has 1 aromatic carbocycles. The molecular formula is C16H19NO4. The van der Waals surface area contributed by atoms with Gasteiger partial charge in [-0.25, -0.2) is 0 Å². The van der Waals surface area contributed by atoms with E-state index in [0.717, 1.165) is 17.4 Å². The first kappa shape index (κ1) is 15.1. The molecule has 0 radical (unpaired) electrons. The second kappa shape index (κ2) is 6.43. The monoisotopic (exact) mass is 289 g/mol. The summed E-state index contributed by atoms with van der Waals surface area (Å²) < 4.78 is 5.41. The molecule has 1 amide bonds. The zero-order valence-corrected chi connectivity index (χ0v) is 12.3. The molecule has 0 atom stereocenters. The van der Waals surface area contributed by atoms with E-state index in [0.29, 0.717) is 24.1 Å². The van der Waals surface area contributed by atoms with Crippen LogP contribution in [0.1, 0.15) is 36.2 Å². The van der Waals surface area contributed by atoms with Gasteiger partial charge in [-0.1, -0.05) is 19.9 Å². The van der Waals surface area contributed by atoms with Crippen molar-refractivity contribution in [2.75, 3.05) is 13.1 Å². The summed E-state index contributed by atoms with van der Waals surface area (Å²) in [7, 11) is 0. The van der Waals surface area contributed by atoms with Crippen LogP contribution in [0.15, 0.2) is 28.9 Å². The first-order chi connectivity index (χ1) is 10.1. The summed E-state index contributed by atoms with van der Waals surface area (Å²) in [5, 5.41) is 9.68. The van der Waals surface area contributed by atoms with Crippen LogP contribution in [0.2, 0.25) is 0 Å². The number of furan rings is 1. The van der Waals surface area contributed by atoms with E-state index in [9.17, 15) is 9.59 Å². The minimum absolute atomic E-state index is 0.299. The summed E-state index contributed by atoms with van der Waals surface area (Å²) in [6.07, 6.45) is 2.98. The van der Waals surface area contributed by atoms with Crippen LogP contribution in [-0.2, 0) is 11.2 Å². The molecule has 0 spiro atoms. The Morgan fingerprint density at radius 1 is 1.29 bits per heavy atom. The number of rotatable bonds is 6. The molecule has 0 unspecified atom stereocenters. The Labute approximate surface area is 123 Å². The molecule has 0 aliphatic heterocycles. The first-order valence-electron chi connectivity index (χ1n) is 7.08. The zero-order valence-electron chi connectivity index (χ0n) is 12.3. The summed E-state index contributed by atoms with van der Waals surface area (Å²) in [6.45, 7) is 4.06. The van der Waals surface area contributed by atoms with E-state index < -0.39 is 5.97 Å². The Morgan fingerprint density at radius 2 is 2.05 bits per heavy atom. The molecule has 0 saturated carbocycles. The molecule has 0 bridgehead atoms. The number of carboxylic acids is 1. The van der Waals surface area contributed by atoms with Crippen molar-refractivity contribution < 1.29 is 19.1 Å². The van der Waals surface area contributed by atoms with Crippen LogP contribution in [0.3, 0.4) is 0 Å². The third kappa shape index (κ3) is 3.24. The van der Waals surface area contributed by atoms with Crippen molar-refractivity contribution in [3.05, 3.63) is 35.6 Å². The highest BCUT2D eigenvalue weighted by Gasteiger charge is 2.21. The Hall–Kier alpha value is -2.30. The van der Waals surface area contributed by atoms with Gasteiger partial charge in [0.1, 0.15) is 18.4 Å². The highest BCUT2D eigenvalue weighted by Crippen LogP contribution is 2.24. The van der Waals surface area contributed by atoms with Gasteiger partial charge in [-0.2, -0.15) is 0 Å². The lowest BCUT2D eigenvalue weighted by Crippen LogP contribution is -2.36. The molecule has 1 N–H and O–H groups in total. The molecule has 2 aromatic rings. The lowest BCUT2D eigenvalue weighted by Gasteiger charge is -2.19. The molecule has 21 heavy (non-hydrogen) atoms. The fourth-order valence-corrected chi connectivity index (χ4v) is 2.32. The average molecular weight is 289 g/mol. The van der Waals surface area contributed by atoms with E-state index in [-0.39, 0.29) is 12.5 Å². The van der Waals surface area contributed by atoms with Gasteiger partial charge in [0.25, 0.3) is 5.91 Å². The van der Waals surface area contributed by atoms with E-state index >= 15 is 0 Å². The Morgan fingerprint density at radius 3 is 2.67 bits per heavy atom. The summed E-state index contributed by atoms with van der Waals surface area (Å²) in [4.78, 5) is 24.8. The van der Waals surface area contributed by atoms with Crippen molar-refractivity contribution in [1.82, 2.24) is 4.90 Å². The number of amides is 1. The maximum atomic E-state index is 12.5. The van der Waals surface area contributed by atoms with Gasteiger partial charge >= 0.3 is 5.97 Å². The Bertz CT molecular complexity index is 659. The predicted molar refractivity (Wildman–Crippen MR) is 79.4 cm³/mol. The number of hydrogen-bond acceptors (Lipinski definition) is 3. The van der Waals surface area contributed by atoms with Gasteiger partial charge in [0, 0.05) is 11.9 Å². The number of carbonyl (C=O) groups is 2. The van der Waals surface area contributed by atoms with Crippen molar-refractivity contribution in [3.8, 4) is 0 Å². The predicted octanol–water partition coefficient (Wildman–Crippen LogP) is 2.93. The zero-order chi connectivity index (χ0) is 15.4. The molecule has 2 rings (SSSR count). The molecule has 0 saturated heterocycles. The van der Waals surface area contributed by atoms with Gasteiger partial charge in [-0.05, 0) is 30.5 Å². The highest BCUT2D eigenvalue weighted by molar-refractivity contribution is 6.06. The van der Waals surface area contributed by atoms with Gasteiger partial charge in [-0.3, -0.25) is 9.59 Å². The average Bonchev–Trinajstić information content (AvgIpc) is 2.88. The number of hydrogen-bond donors (Lipinski definition) is 1. The number of benzene rings is 1. The third-order valence-corrected chi connectivity index (χ3v) is 3.38. The molecule has 5 nitrogen and oxygen atoms in total. The largest absolute Gasteiger partial charge is 0.480 e. The summed E-state index contributed by atoms with van der Waals surface area (Å²) >= 11 is 0. The van der Waals surface area contributed by atoms with Gasteiger partial charge in [0.05, 0.1) is 5.56 Å². The number of carboxylic acid groups (broad SMARTS) is 1. The van der Waals surface area contributed by atoms with Crippen molar-refractivity contribution in [2.24, 2.45) is 0 Å². The summed E-state index contributed by atoms with van der Waals surface area (Å²) in [5.74, 6) is -1.31. The summed E-state index contributed by atoms with van der Waals surface area (Å²) in [6, 6.07) is 5.73. The van der Waals surface area contributed by atoms with Gasteiger partial charge in [-0.15, -0.1) is 0 Å². The number of carbonyl (C=O) groups excluding carboxylic acids is 1. The Balaban J connectivity index is 2.38. The number of aryl methyl sites for hydroxylation is 1. The van der Waals surface area contributed by atoms with Crippen LogP contribution in [0, 0.1) is 0 Å². The van der Waals surface area contributed by atoms with E-state index in [1.807, 2.05) is 32.0 Å².